The minimum absolute atomic E-state index is 0.0413. The van der Waals surface area contributed by atoms with Crippen LogP contribution in [0.1, 0.15) is 32.3 Å². The number of nitrogens with zero attached hydrogens (tertiary/aromatic N) is 2. The van der Waals surface area contributed by atoms with Crippen LogP contribution in [0.25, 0.3) is 0 Å². The van der Waals surface area contributed by atoms with Crippen LogP contribution in [0, 0.1) is 17.3 Å². The molecular weight excluding hydrogens is 385 g/mol. The monoisotopic (exact) mass is 414 g/mol. The number of aliphatic hydroxyl groups excluding tert-OH is 1. The number of ether oxygens (including phenoxy) is 1. The molecule has 0 unspecified atom stereocenters. The van der Waals surface area contributed by atoms with Crippen LogP contribution in [-0.4, -0.2) is 60.0 Å². The van der Waals surface area contributed by atoms with Crippen LogP contribution in [0.2, 0.25) is 0 Å². The Hall–Kier alpha value is -1.80. The van der Waals surface area contributed by atoms with Crippen LogP contribution in [0.4, 0.5) is 13.2 Å². The summed E-state index contributed by atoms with van der Waals surface area (Å²) in [6.45, 7) is 6.67. The molecule has 162 valence electrons. The lowest BCUT2D eigenvalue weighted by Crippen LogP contribution is -2.52. The number of likely N-dealkylation sites (tertiary alicyclic amines) is 2. The summed E-state index contributed by atoms with van der Waals surface area (Å²) in [4.78, 5) is 16.4. The molecule has 8 heteroatoms. The summed E-state index contributed by atoms with van der Waals surface area (Å²) >= 11 is 0. The fourth-order valence-corrected chi connectivity index (χ4v) is 4.63. The Morgan fingerprint density at radius 2 is 2.03 bits per heavy atom. The summed E-state index contributed by atoms with van der Waals surface area (Å²) < 4.78 is 42.3. The van der Waals surface area contributed by atoms with Gasteiger partial charge in [0.05, 0.1) is 6.61 Å². The highest BCUT2D eigenvalue weighted by atomic mass is 19.4. The van der Waals surface area contributed by atoms with Gasteiger partial charge >= 0.3 is 6.36 Å². The van der Waals surface area contributed by atoms with Crippen molar-refractivity contribution in [1.82, 2.24) is 9.80 Å². The topological polar surface area (TPSA) is 53.0 Å². The molecule has 1 amide bonds. The maximum atomic E-state index is 12.7. The molecule has 0 bridgehead atoms. The number of alkyl halides is 3. The molecule has 2 fully saturated rings. The number of halogens is 3. The van der Waals surface area contributed by atoms with Gasteiger partial charge in [0, 0.05) is 50.1 Å². The molecule has 2 aliphatic heterocycles. The van der Waals surface area contributed by atoms with E-state index < -0.39 is 11.8 Å². The van der Waals surface area contributed by atoms with E-state index in [1.54, 1.807) is 12.1 Å². The second-order valence-corrected chi connectivity index (χ2v) is 8.74. The predicted molar refractivity (Wildman–Crippen MR) is 102 cm³/mol. The molecule has 29 heavy (non-hydrogen) atoms. The van der Waals surface area contributed by atoms with E-state index in [4.69, 9.17) is 0 Å². The first-order valence-corrected chi connectivity index (χ1v) is 10.1. The Labute approximate surface area is 169 Å². The molecule has 1 aromatic rings. The average molecular weight is 414 g/mol. The smallest absolute Gasteiger partial charge is 0.405 e. The van der Waals surface area contributed by atoms with E-state index in [2.05, 4.69) is 9.64 Å². The molecule has 1 aromatic carbocycles. The zero-order chi connectivity index (χ0) is 21.2. The lowest BCUT2D eigenvalue weighted by molar-refractivity contribution is -0.275. The van der Waals surface area contributed by atoms with Crippen LogP contribution in [0.5, 0.6) is 5.75 Å². The fraction of sp³-hybridized carbons (Fsp3) is 0.667. The molecule has 1 N–H and O–H groups in total. The van der Waals surface area contributed by atoms with E-state index in [-0.39, 0.29) is 30.1 Å². The zero-order valence-electron chi connectivity index (χ0n) is 16.9. The number of hydrogen-bond donors (Lipinski definition) is 1. The third-order valence-corrected chi connectivity index (χ3v) is 5.98. The van der Waals surface area contributed by atoms with E-state index in [0.717, 1.165) is 6.42 Å². The third-order valence-electron chi connectivity index (χ3n) is 5.98. The molecule has 5 nitrogen and oxygen atoms in total. The van der Waals surface area contributed by atoms with Crippen LogP contribution in [0.3, 0.4) is 0 Å². The summed E-state index contributed by atoms with van der Waals surface area (Å²) in [6.07, 6.45) is -3.46. The Morgan fingerprint density at radius 3 is 2.69 bits per heavy atom. The van der Waals surface area contributed by atoms with Gasteiger partial charge in [-0.2, -0.15) is 0 Å². The Bertz CT molecular complexity index is 725. The number of amides is 1. The van der Waals surface area contributed by atoms with E-state index >= 15 is 0 Å². The number of benzene rings is 1. The maximum absolute atomic E-state index is 12.7. The van der Waals surface area contributed by atoms with Crippen molar-refractivity contribution in [2.45, 2.75) is 39.6 Å². The van der Waals surface area contributed by atoms with Gasteiger partial charge in [-0.25, -0.2) is 0 Å². The first-order valence-electron chi connectivity index (χ1n) is 10.1. The second-order valence-electron chi connectivity index (χ2n) is 8.74. The Morgan fingerprint density at radius 1 is 1.31 bits per heavy atom. The quantitative estimate of drug-likeness (QED) is 0.776. The van der Waals surface area contributed by atoms with Gasteiger partial charge < -0.3 is 14.7 Å². The molecule has 0 radical (unpaired) electrons. The van der Waals surface area contributed by atoms with Gasteiger partial charge in [0.2, 0.25) is 5.91 Å². The number of carbonyl (C=O) groups excluding carboxylic acids is 1. The number of hydrogen-bond acceptors (Lipinski definition) is 4. The standard InChI is InChI=1S/C21H29F3N2O3/c1-15(2)9-19(28)26-8-7-17-11-25(12-20(17,13-26)14-27)10-16-5-3-4-6-18(16)29-21(22,23)24/h3-6,15,17,27H,7-14H2,1-2H3/t17-,20-/m0/s1. The Kier molecular flexibility index (Phi) is 6.43. The summed E-state index contributed by atoms with van der Waals surface area (Å²) in [7, 11) is 0. The lowest BCUT2D eigenvalue weighted by Gasteiger charge is -2.43. The van der Waals surface area contributed by atoms with Crippen molar-refractivity contribution < 1.29 is 27.8 Å². The highest BCUT2D eigenvalue weighted by molar-refractivity contribution is 5.76. The molecular formula is C21H29F3N2O3. The summed E-state index contributed by atoms with van der Waals surface area (Å²) in [5.74, 6) is 0.400. The van der Waals surface area contributed by atoms with Gasteiger partial charge in [0.15, 0.2) is 0 Å². The highest BCUT2D eigenvalue weighted by Crippen LogP contribution is 2.43. The van der Waals surface area contributed by atoms with Crippen molar-refractivity contribution in [2.75, 3.05) is 32.8 Å². The summed E-state index contributed by atoms with van der Waals surface area (Å²) in [6, 6.07) is 6.16. The van der Waals surface area contributed by atoms with E-state index in [1.165, 1.54) is 12.1 Å². The van der Waals surface area contributed by atoms with E-state index in [9.17, 15) is 23.1 Å². The molecule has 2 atom stereocenters. The maximum Gasteiger partial charge on any atom is 0.573 e. The molecule has 3 rings (SSSR count). The molecule has 0 spiro atoms. The molecule has 2 heterocycles. The van der Waals surface area contributed by atoms with Crippen LogP contribution in [0.15, 0.2) is 24.3 Å². The summed E-state index contributed by atoms with van der Waals surface area (Å²) in [5.41, 5.74) is 0.0364. The van der Waals surface area contributed by atoms with E-state index in [1.807, 2.05) is 18.7 Å². The first-order chi connectivity index (χ1) is 13.6. The van der Waals surface area contributed by atoms with Gasteiger partial charge in [-0.05, 0) is 24.3 Å². The van der Waals surface area contributed by atoms with Crippen molar-refractivity contribution in [3.8, 4) is 5.75 Å². The van der Waals surface area contributed by atoms with Gasteiger partial charge in [0.1, 0.15) is 5.75 Å². The fourth-order valence-electron chi connectivity index (χ4n) is 4.63. The molecule has 2 saturated heterocycles. The molecule has 0 aliphatic carbocycles. The molecule has 0 saturated carbocycles. The number of carbonyl (C=O) groups is 1. The number of aliphatic hydroxyl groups is 1. The van der Waals surface area contributed by atoms with Gasteiger partial charge in [-0.15, -0.1) is 13.2 Å². The third kappa shape index (κ3) is 5.22. The van der Waals surface area contributed by atoms with Crippen LogP contribution >= 0.6 is 0 Å². The molecule has 2 aliphatic rings. The first kappa shape index (κ1) is 21.9. The average Bonchev–Trinajstić information content (AvgIpc) is 2.99. The summed E-state index contributed by atoms with van der Waals surface area (Å²) in [5, 5.41) is 10.2. The van der Waals surface area contributed by atoms with Crippen molar-refractivity contribution in [1.29, 1.82) is 0 Å². The van der Waals surface area contributed by atoms with E-state index in [0.29, 0.717) is 44.7 Å². The number of piperidine rings is 1. The Balaban J connectivity index is 1.71. The highest BCUT2D eigenvalue weighted by Gasteiger charge is 2.50. The zero-order valence-corrected chi connectivity index (χ0v) is 16.9. The van der Waals surface area contributed by atoms with Crippen molar-refractivity contribution in [3.63, 3.8) is 0 Å². The number of para-hydroxylation sites is 1. The predicted octanol–water partition coefficient (Wildman–Crippen LogP) is 3.27. The second kappa shape index (κ2) is 8.52. The normalized spacial score (nSPS) is 25.3. The minimum Gasteiger partial charge on any atom is -0.405 e. The van der Waals surface area contributed by atoms with Crippen LogP contribution < -0.4 is 4.74 Å². The van der Waals surface area contributed by atoms with Crippen molar-refractivity contribution in [2.24, 2.45) is 17.3 Å². The van der Waals surface area contributed by atoms with Gasteiger partial charge in [0.25, 0.3) is 0 Å². The minimum atomic E-state index is -4.74. The number of fused-ring (bicyclic) bond motifs is 1. The lowest BCUT2D eigenvalue weighted by atomic mass is 9.74. The van der Waals surface area contributed by atoms with Crippen molar-refractivity contribution >= 4 is 5.91 Å². The SMILES string of the molecule is CC(C)CC(=O)N1CC[C@H]2CN(Cc3ccccc3OC(F)(F)F)C[C@@]2(CO)C1. The van der Waals surface area contributed by atoms with Crippen molar-refractivity contribution in [3.05, 3.63) is 29.8 Å². The number of rotatable bonds is 6. The molecule has 0 aromatic heterocycles. The van der Waals surface area contributed by atoms with Gasteiger partial charge in [-0.1, -0.05) is 32.0 Å². The van der Waals surface area contributed by atoms with Gasteiger partial charge in [-0.3, -0.25) is 9.69 Å². The van der Waals surface area contributed by atoms with Crippen LogP contribution in [-0.2, 0) is 11.3 Å². The largest absolute Gasteiger partial charge is 0.573 e.